The molecular weight excluding hydrogens is 428 g/mol. The average Bonchev–Trinajstić information content (AvgIpc) is 2.85. The van der Waals surface area contributed by atoms with Gasteiger partial charge in [0.2, 0.25) is 5.91 Å². The summed E-state index contributed by atoms with van der Waals surface area (Å²) >= 11 is 0. The van der Waals surface area contributed by atoms with Crippen LogP contribution in [0.1, 0.15) is 25.2 Å². The van der Waals surface area contributed by atoms with Gasteiger partial charge in [-0.25, -0.2) is 9.97 Å². The largest absolute Gasteiger partial charge is 0.493 e. The number of aromatic nitrogens is 2. The highest BCUT2D eigenvalue weighted by atomic mass is 16.5. The van der Waals surface area contributed by atoms with Crippen LogP contribution in [0, 0.1) is 0 Å². The molecule has 7 nitrogen and oxygen atoms in total. The summed E-state index contributed by atoms with van der Waals surface area (Å²) < 4.78 is 11.5. The molecule has 0 N–H and O–H groups in total. The number of hydrogen-bond acceptors (Lipinski definition) is 6. The maximum absolute atomic E-state index is 13.3. The van der Waals surface area contributed by atoms with Crippen LogP contribution in [0.4, 0.5) is 5.69 Å². The van der Waals surface area contributed by atoms with Crippen molar-refractivity contribution in [2.24, 2.45) is 0 Å². The summed E-state index contributed by atoms with van der Waals surface area (Å²) in [4.78, 5) is 26.1. The van der Waals surface area contributed by atoms with E-state index in [0.717, 1.165) is 36.7 Å². The fraction of sp³-hybridized carbons (Fsp3) is 0.370. The first kappa shape index (κ1) is 23.5. The molecule has 1 aliphatic rings. The van der Waals surface area contributed by atoms with Gasteiger partial charge in [-0.1, -0.05) is 30.3 Å². The summed E-state index contributed by atoms with van der Waals surface area (Å²) in [5, 5.41) is 0. The first-order chi connectivity index (χ1) is 16.5. The Balaban J connectivity index is 1.56. The molecule has 7 heteroatoms. The van der Waals surface area contributed by atoms with Gasteiger partial charge in [0.05, 0.1) is 25.7 Å². The summed E-state index contributed by atoms with van der Waals surface area (Å²) in [5.74, 6) is 2.06. The van der Waals surface area contributed by atoms with Gasteiger partial charge < -0.3 is 19.3 Å². The van der Waals surface area contributed by atoms with Crippen LogP contribution in [0.3, 0.4) is 0 Å². The lowest BCUT2D eigenvalue weighted by atomic mass is 10.0. The summed E-state index contributed by atoms with van der Waals surface area (Å²) in [6.45, 7) is 6.10. The van der Waals surface area contributed by atoms with Crippen molar-refractivity contribution in [3.8, 4) is 11.5 Å². The average molecular weight is 461 g/mol. The first-order valence-corrected chi connectivity index (χ1v) is 11.7. The summed E-state index contributed by atoms with van der Waals surface area (Å²) in [6, 6.07) is 18.2. The maximum atomic E-state index is 13.3. The molecule has 0 spiro atoms. The minimum Gasteiger partial charge on any atom is -0.493 e. The molecule has 1 amide bonds. The predicted octanol–water partition coefficient (Wildman–Crippen LogP) is 3.78. The van der Waals surface area contributed by atoms with Gasteiger partial charge in [0, 0.05) is 43.8 Å². The smallest absolute Gasteiger partial charge is 0.230 e. The number of ether oxygens (including phenoxy) is 2. The van der Waals surface area contributed by atoms with Crippen LogP contribution in [0.2, 0.25) is 0 Å². The van der Waals surface area contributed by atoms with Gasteiger partial charge in [0.15, 0.2) is 11.5 Å². The molecule has 1 saturated heterocycles. The Hall–Kier alpha value is -3.61. The number of piperazine rings is 1. The highest BCUT2D eigenvalue weighted by Crippen LogP contribution is 2.33. The molecule has 1 atom stereocenters. The number of carbonyl (C=O) groups excluding carboxylic acids is 1. The molecule has 0 saturated carbocycles. The molecule has 2 heterocycles. The molecule has 0 radical (unpaired) electrons. The molecule has 1 unspecified atom stereocenters. The quantitative estimate of drug-likeness (QED) is 0.510. The third-order valence-corrected chi connectivity index (χ3v) is 5.92. The fourth-order valence-corrected chi connectivity index (χ4v) is 4.35. The normalized spacial score (nSPS) is 15.9. The van der Waals surface area contributed by atoms with E-state index in [1.165, 1.54) is 5.56 Å². The van der Waals surface area contributed by atoms with Crippen molar-refractivity contribution in [3.63, 3.8) is 0 Å². The number of amides is 1. The second-order valence-electron chi connectivity index (χ2n) is 8.72. The van der Waals surface area contributed by atoms with Gasteiger partial charge in [0.1, 0.15) is 5.82 Å². The van der Waals surface area contributed by atoms with Crippen LogP contribution < -0.4 is 14.4 Å². The standard InChI is InChI=1S/C27H32N4O3/c1-20(2)34-25-17-22(10-11-24(25)33-3)30-14-15-31(27(32)18-26-28-12-7-13-29-26)23(19-30)16-21-8-5-4-6-9-21/h4-13,17,20,23H,14-16,18-19H2,1-3H3. The van der Waals surface area contributed by atoms with Crippen molar-refractivity contribution in [2.45, 2.75) is 38.8 Å². The molecule has 2 aromatic carbocycles. The monoisotopic (exact) mass is 460 g/mol. The van der Waals surface area contributed by atoms with E-state index in [9.17, 15) is 4.79 Å². The van der Waals surface area contributed by atoms with E-state index in [1.807, 2.05) is 49.1 Å². The van der Waals surface area contributed by atoms with Gasteiger partial charge >= 0.3 is 0 Å². The minimum absolute atomic E-state index is 0.0314. The second kappa shape index (κ2) is 11.0. The van der Waals surface area contributed by atoms with Crippen molar-refractivity contribution in [1.82, 2.24) is 14.9 Å². The maximum Gasteiger partial charge on any atom is 0.230 e. The van der Waals surface area contributed by atoms with Gasteiger partial charge in [-0.15, -0.1) is 0 Å². The van der Waals surface area contributed by atoms with Crippen molar-refractivity contribution in [1.29, 1.82) is 0 Å². The Morgan fingerprint density at radius 3 is 2.50 bits per heavy atom. The van der Waals surface area contributed by atoms with Crippen molar-refractivity contribution >= 4 is 11.6 Å². The zero-order chi connectivity index (χ0) is 23.9. The Morgan fingerprint density at radius 1 is 1.03 bits per heavy atom. The van der Waals surface area contributed by atoms with Gasteiger partial charge in [-0.3, -0.25) is 4.79 Å². The van der Waals surface area contributed by atoms with E-state index in [0.29, 0.717) is 12.4 Å². The number of carbonyl (C=O) groups is 1. The van der Waals surface area contributed by atoms with Crippen LogP contribution in [0.15, 0.2) is 67.0 Å². The van der Waals surface area contributed by atoms with E-state index in [4.69, 9.17) is 9.47 Å². The Kier molecular flexibility index (Phi) is 7.62. The molecule has 4 rings (SSSR count). The molecule has 1 fully saturated rings. The van der Waals surface area contributed by atoms with Crippen LogP contribution >= 0.6 is 0 Å². The number of benzene rings is 2. The number of anilines is 1. The van der Waals surface area contributed by atoms with E-state index in [-0.39, 0.29) is 24.5 Å². The zero-order valence-electron chi connectivity index (χ0n) is 20.1. The lowest BCUT2D eigenvalue weighted by molar-refractivity contribution is -0.133. The Bertz CT molecular complexity index is 1080. The molecule has 0 aliphatic carbocycles. The van der Waals surface area contributed by atoms with Crippen molar-refractivity contribution < 1.29 is 14.3 Å². The van der Waals surface area contributed by atoms with E-state index in [1.54, 1.807) is 25.6 Å². The van der Waals surface area contributed by atoms with Gasteiger partial charge in [0.25, 0.3) is 0 Å². The fourth-order valence-electron chi connectivity index (χ4n) is 4.35. The molecule has 34 heavy (non-hydrogen) atoms. The molecule has 0 bridgehead atoms. The third-order valence-electron chi connectivity index (χ3n) is 5.92. The lowest BCUT2D eigenvalue weighted by Gasteiger charge is -2.43. The zero-order valence-corrected chi connectivity index (χ0v) is 20.1. The number of nitrogens with zero attached hydrogens (tertiary/aromatic N) is 4. The Labute approximate surface area is 201 Å². The molecule has 3 aromatic rings. The van der Waals surface area contributed by atoms with E-state index in [2.05, 4.69) is 33.1 Å². The van der Waals surface area contributed by atoms with Gasteiger partial charge in [-0.2, -0.15) is 0 Å². The number of methoxy groups -OCH3 is 1. The van der Waals surface area contributed by atoms with Crippen LogP contribution in [0.5, 0.6) is 11.5 Å². The Morgan fingerprint density at radius 2 is 1.79 bits per heavy atom. The van der Waals surface area contributed by atoms with E-state index < -0.39 is 0 Å². The van der Waals surface area contributed by atoms with Crippen LogP contribution in [-0.4, -0.2) is 59.7 Å². The second-order valence-corrected chi connectivity index (χ2v) is 8.72. The first-order valence-electron chi connectivity index (χ1n) is 11.7. The highest BCUT2D eigenvalue weighted by Gasteiger charge is 2.31. The topological polar surface area (TPSA) is 67.8 Å². The van der Waals surface area contributed by atoms with Crippen molar-refractivity contribution in [3.05, 3.63) is 78.4 Å². The van der Waals surface area contributed by atoms with Gasteiger partial charge in [-0.05, 0) is 44.0 Å². The third kappa shape index (κ3) is 5.84. The summed E-state index contributed by atoms with van der Waals surface area (Å²) in [7, 11) is 1.65. The van der Waals surface area contributed by atoms with E-state index >= 15 is 0 Å². The summed E-state index contributed by atoms with van der Waals surface area (Å²) in [6.07, 6.45) is 4.39. The summed E-state index contributed by atoms with van der Waals surface area (Å²) in [5.41, 5.74) is 2.27. The highest BCUT2D eigenvalue weighted by molar-refractivity contribution is 5.78. The molecular formula is C27H32N4O3. The molecule has 178 valence electrons. The van der Waals surface area contributed by atoms with Crippen LogP contribution in [0.25, 0.3) is 0 Å². The molecule has 1 aliphatic heterocycles. The number of rotatable bonds is 8. The van der Waals surface area contributed by atoms with Crippen molar-refractivity contribution in [2.75, 3.05) is 31.6 Å². The SMILES string of the molecule is COc1ccc(N2CCN(C(=O)Cc3ncccn3)C(Cc3ccccc3)C2)cc1OC(C)C. The number of hydrogen-bond donors (Lipinski definition) is 0. The minimum atomic E-state index is 0.0314. The lowest BCUT2D eigenvalue weighted by Crippen LogP contribution is -2.56. The van der Waals surface area contributed by atoms with Crippen LogP contribution in [-0.2, 0) is 17.6 Å². The predicted molar refractivity (Wildman–Crippen MR) is 132 cm³/mol. The molecule has 1 aromatic heterocycles.